The monoisotopic (exact) mass is 298 g/mol. The van der Waals surface area contributed by atoms with Gasteiger partial charge in [0.05, 0.1) is 17.1 Å². The van der Waals surface area contributed by atoms with Crippen LogP contribution in [0.5, 0.6) is 0 Å². The van der Waals surface area contributed by atoms with Crippen molar-refractivity contribution in [1.29, 1.82) is 0 Å². The van der Waals surface area contributed by atoms with E-state index in [1.165, 1.54) is 12.8 Å². The predicted molar refractivity (Wildman–Crippen MR) is 84.9 cm³/mol. The molecule has 116 valence electrons. The summed E-state index contributed by atoms with van der Waals surface area (Å²) in [7, 11) is 0. The Morgan fingerprint density at radius 1 is 1.32 bits per heavy atom. The third-order valence-electron chi connectivity index (χ3n) is 4.68. The summed E-state index contributed by atoms with van der Waals surface area (Å²) in [5.41, 5.74) is 2.76. The molecule has 3 heterocycles. The van der Waals surface area contributed by atoms with Crippen molar-refractivity contribution in [2.24, 2.45) is 0 Å². The third kappa shape index (κ3) is 2.28. The molecule has 1 amide bonds. The number of aromatic nitrogens is 3. The molecule has 5 nitrogen and oxygen atoms in total. The highest BCUT2D eigenvalue weighted by molar-refractivity contribution is 6.05. The number of likely N-dealkylation sites (tertiary alicyclic amines) is 1. The fourth-order valence-corrected chi connectivity index (χ4v) is 3.30. The van der Waals surface area contributed by atoms with Crippen molar-refractivity contribution < 1.29 is 4.79 Å². The van der Waals surface area contributed by atoms with Crippen LogP contribution in [0.4, 0.5) is 0 Å². The summed E-state index contributed by atoms with van der Waals surface area (Å²) in [5.74, 6) is 0.697. The van der Waals surface area contributed by atoms with Crippen molar-refractivity contribution in [1.82, 2.24) is 19.7 Å². The zero-order chi connectivity index (χ0) is 15.1. The van der Waals surface area contributed by atoms with E-state index in [0.29, 0.717) is 5.92 Å². The molecule has 0 spiro atoms. The lowest BCUT2D eigenvalue weighted by Crippen LogP contribution is -2.28. The van der Waals surface area contributed by atoms with E-state index < -0.39 is 0 Å². The van der Waals surface area contributed by atoms with E-state index in [0.717, 1.165) is 61.2 Å². The van der Waals surface area contributed by atoms with Crippen LogP contribution in [-0.4, -0.2) is 38.7 Å². The molecule has 0 radical (unpaired) electrons. The largest absolute Gasteiger partial charge is 0.339 e. The molecule has 0 unspecified atom stereocenters. The smallest absolute Gasteiger partial charge is 0.254 e. The summed E-state index contributed by atoms with van der Waals surface area (Å²) < 4.78 is 1.95. The first-order chi connectivity index (χ1) is 10.8. The summed E-state index contributed by atoms with van der Waals surface area (Å²) in [6.45, 7) is 4.74. The molecule has 4 rings (SSSR count). The second-order valence-corrected chi connectivity index (χ2v) is 6.47. The summed E-state index contributed by atoms with van der Waals surface area (Å²) >= 11 is 0. The Bertz CT molecular complexity index is 711. The van der Waals surface area contributed by atoms with Crippen LogP contribution >= 0.6 is 0 Å². The second-order valence-electron chi connectivity index (χ2n) is 6.47. The molecule has 2 aromatic rings. The van der Waals surface area contributed by atoms with E-state index in [4.69, 9.17) is 4.98 Å². The predicted octanol–water partition coefficient (Wildman–Crippen LogP) is 2.95. The Hall–Kier alpha value is -1.91. The maximum absolute atomic E-state index is 12.9. The molecular weight excluding hydrogens is 276 g/mol. The first-order valence-electron chi connectivity index (χ1n) is 8.43. The van der Waals surface area contributed by atoms with Gasteiger partial charge in [-0.25, -0.2) is 9.67 Å². The minimum absolute atomic E-state index is 0.155. The SMILES string of the molecule is CCCn1ncc2c(C(=O)N3CCCC3)cc(C3CC3)nc21. The Morgan fingerprint density at radius 3 is 2.77 bits per heavy atom. The maximum atomic E-state index is 12.9. The minimum atomic E-state index is 0.155. The first-order valence-corrected chi connectivity index (χ1v) is 8.43. The van der Waals surface area contributed by atoms with Crippen molar-refractivity contribution in [3.8, 4) is 0 Å². The van der Waals surface area contributed by atoms with Gasteiger partial charge in [-0.15, -0.1) is 0 Å². The van der Waals surface area contributed by atoms with Crippen LogP contribution in [0.25, 0.3) is 11.0 Å². The van der Waals surface area contributed by atoms with Gasteiger partial charge >= 0.3 is 0 Å². The van der Waals surface area contributed by atoms with Gasteiger partial charge in [0.25, 0.3) is 5.91 Å². The summed E-state index contributed by atoms with van der Waals surface area (Å²) in [6, 6.07) is 2.03. The van der Waals surface area contributed by atoms with Crippen molar-refractivity contribution in [3.63, 3.8) is 0 Å². The number of fused-ring (bicyclic) bond motifs is 1. The van der Waals surface area contributed by atoms with Gasteiger partial charge in [0.15, 0.2) is 5.65 Å². The van der Waals surface area contributed by atoms with E-state index in [2.05, 4.69) is 12.0 Å². The molecule has 0 N–H and O–H groups in total. The van der Waals surface area contributed by atoms with Gasteiger partial charge in [-0.05, 0) is 38.2 Å². The molecule has 1 saturated heterocycles. The number of amides is 1. The van der Waals surface area contributed by atoms with E-state index in [1.807, 2.05) is 21.8 Å². The minimum Gasteiger partial charge on any atom is -0.339 e. The van der Waals surface area contributed by atoms with Crippen molar-refractivity contribution in [2.45, 2.75) is 51.5 Å². The number of carbonyl (C=O) groups excluding carboxylic acids is 1. The normalized spacial score (nSPS) is 18.3. The van der Waals surface area contributed by atoms with E-state index >= 15 is 0 Å². The van der Waals surface area contributed by atoms with Gasteiger partial charge in [-0.3, -0.25) is 4.79 Å². The summed E-state index contributed by atoms with van der Waals surface area (Å²) in [4.78, 5) is 19.7. The molecule has 2 fully saturated rings. The van der Waals surface area contributed by atoms with Crippen molar-refractivity contribution in [3.05, 3.63) is 23.5 Å². The van der Waals surface area contributed by atoms with Crippen LogP contribution in [0.2, 0.25) is 0 Å². The van der Waals surface area contributed by atoms with Gasteiger partial charge in [0, 0.05) is 31.2 Å². The van der Waals surface area contributed by atoms with E-state index in [1.54, 1.807) is 0 Å². The summed E-state index contributed by atoms with van der Waals surface area (Å²) in [6.07, 6.45) is 7.45. The van der Waals surface area contributed by atoms with Crippen molar-refractivity contribution >= 4 is 16.9 Å². The molecule has 1 saturated carbocycles. The molecule has 2 aromatic heterocycles. The van der Waals surface area contributed by atoms with Crippen LogP contribution in [0.1, 0.15) is 61.0 Å². The second kappa shape index (κ2) is 5.38. The molecular formula is C17H22N4O. The lowest BCUT2D eigenvalue weighted by molar-refractivity contribution is 0.0794. The number of hydrogen-bond donors (Lipinski definition) is 0. The number of rotatable bonds is 4. The first kappa shape index (κ1) is 13.7. The molecule has 0 aromatic carbocycles. The Kier molecular flexibility index (Phi) is 3.36. The quantitative estimate of drug-likeness (QED) is 0.872. The zero-order valence-electron chi connectivity index (χ0n) is 13.1. The van der Waals surface area contributed by atoms with Crippen LogP contribution in [0.3, 0.4) is 0 Å². The van der Waals surface area contributed by atoms with Crippen LogP contribution < -0.4 is 0 Å². The van der Waals surface area contributed by atoms with Crippen LogP contribution in [0.15, 0.2) is 12.3 Å². The standard InChI is InChI=1S/C17H22N4O/c1-2-7-21-16-14(11-18-21)13(10-15(19-16)12-5-6-12)17(22)20-8-3-4-9-20/h10-12H,2-9H2,1H3. The fourth-order valence-electron chi connectivity index (χ4n) is 3.30. The Morgan fingerprint density at radius 2 is 2.09 bits per heavy atom. The van der Waals surface area contributed by atoms with Gasteiger partial charge in [0.2, 0.25) is 0 Å². The molecule has 2 aliphatic rings. The lowest BCUT2D eigenvalue weighted by Gasteiger charge is -2.16. The van der Waals surface area contributed by atoms with Gasteiger partial charge in [-0.2, -0.15) is 5.10 Å². The van der Waals surface area contributed by atoms with Gasteiger partial charge < -0.3 is 4.90 Å². The Balaban J connectivity index is 1.82. The molecule has 0 atom stereocenters. The molecule has 22 heavy (non-hydrogen) atoms. The molecule has 1 aliphatic carbocycles. The highest BCUT2D eigenvalue weighted by atomic mass is 16.2. The molecule has 1 aliphatic heterocycles. The molecule has 0 bridgehead atoms. The number of carbonyl (C=O) groups is 1. The molecule has 5 heteroatoms. The third-order valence-corrected chi connectivity index (χ3v) is 4.68. The zero-order valence-corrected chi connectivity index (χ0v) is 13.1. The number of hydrogen-bond acceptors (Lipinski definition) is 3. The summed E-state index contributed by atoms with van der Waals surface area (Å²) in [5, 5.41) is 5.37. The number of aryl methyl sites for hydroxylation is 1. The Labute approximate surface area is 130 Å². The highest BCUT2D eigenvalue weighted by Gasteiger charge is 2.29. The van der Waals surface area contributed by atoms with E-state index in [9.17, 15) is 4.79 Å². The fraction of sp³-hybridized carbons (Fsp3) is 0.588. The topological polar surface area (TPSA) is 51.0 Å². The number of pyridine rings is 1. The maximum Gasteiger partial charge on any atom is 0.254 e. The van der Waals surface area contributed by atoms with Crippen LogP contribution in [-0.2, 0) is 6.54 Å². The van der Waals surface area contributed by atoms with Crippen molar-refractivity contribution in [2.75, 3.05) is 13.1 Å². The van der Waals surface area contributed by atoms with E-state index in [-0.39, 0.29) is 5.91 Å². The lowest BCUT2D eigenvalue weighted by atomic mass is 10.1. The number of nitrogens with zero attached hydrogens (tertiary/aromatic N) is 4. The van der Waals surface area contributed by atoms with Gasteiger partial charge in [-0.1, -0.05) is 6.92 Å². The van der Waals surface area contributed by atoms with Crippen LogP contribution in [0, 0.1) is 0 Å². The average molecular weight is 298 g/mol. The highest BCUT2D eigenvalue weighted by Crippen LogP contribution is 2.40. The average Bonchev–Trinajstić information content (AvgIpc) is 3.08. The van der Waals surface area contributed by atoms with Gasteiger partial charge in [0.1, 0.15) is 0 Å².